The average molecular weight is 570 g/mol. The highest BCUT2D eigenvalue weighted by Crippen LogP contribution is 2.53. The summed E-state index contributed by atoms with van der Waals surface area (Å²) in [6.45, 7) is 10.6. The number of allylic oxidation sites excluding steroid dienone is 2. The lowest BCUT2D eigenvalue weighted by atomic mass is 9.66. The van der Waals surface area contributed by atoms with Crippen LogP contribution >= 0.6 is 31.9 Å². The second-order valence-corrected chi connectivity index (χ2v) is 13.0. The molecule has 1 saturated heterocycles. The third-order valence-electron chi connectivity index (χ3n) is 8.01. The number of halogens is 2. The Labute approximate surface area is 208 Å². The SMILES string of the molecule is CC1=C2Cc3cc(ccc3O)C(=O)OC(C)(C)[C@H](Br)C[C@]3(C)O[C@H]3CC[C@]2(C)[C@@H](Br)CC1. The molecule has 1 aromatic carbocycles. The summed E-state index contributed by atoms with van der Waals surface area (Å²) in [4.78, 5) is 13.4. The molecular formula is C26H34Br2O4. The van der Waals surface area contributed by atoms with Crippen LogP contribution in [0.5, 0.6) is 5.75 Å². The third kappa shape index (κ3) is 4.44. The Hall–Kier alpha value is -0.850. The molecule has 1 N–H and O–H groups in total. The van der Waals surface area contributed by atoms with E-state index in [0.717, 1.165) is 37.7 Å². The fraction of sp³-hybridized carbons (Fsp3) is 0.654. The van der Waals surface area contributed by atoms with Crippen molar-refractivity contribution in [1.82, 2.24) is 0 Å². The molecule has 0 saturated carbocycles. The fourth-order valence-corrected chi connectivity index (χ4v) is 6.89. The number of fused-ring (bicyclic) bond motifs is 4. The van der Waals surface area contributed by atoms with Crippen LogP contribution in [0.4, 0.5) is 0 Å². The lowest BCUT2D eigenvalue weighted by Crippen LogP contribution is -2.40. The molecule has 32 heavy (non-hydrogen) atoms. The third-order valence-corrected chi connectivity index (χ3v) is 10.9. The van der Waals surface area contributed by atoms with E-state index in [1.807, 2.05) is 13.8 Å². The molecule has 1 aliphatic carbocycles. The van der Waals surface area contributed by atoms with Crippen molar-refractivity contribution in [3.8, 4) is 5.75 Å². The van der Waals surface area contributed by atoms with Crippen LogP contribution in [-0.2, 0) is 15.9 Å². The number of esters is 1. The van der Waals surface area contributed by atoms with Gasteiger partial charge in [0.1, 0.15) is 11.4 Å². The Morgan fingerprint density at radius 1 is 1.09 bits per heavy atom. The van der Waals surface area contributed by atoms with Crippen molar-refractivity contribution in [1.29, 1.82) is 0 Å². The molecule has 2 heterocycles. The van der Waals surface area contributed by atoms with Crippen molar-refractivity contribution < 1.29 is 19.4 Å². The largest absolute Gasteiger partial charge is 0.508 e. The normalized spacial score (nSPS) is 37.5. The minimum Gasteiger partial charge on any atom is -0.508 e. The number of epoxide rings is 1. The topological polar surface area (TPSA) is 59.1 Å². The van der Waals surface area contributed by atoms with E-state index in [9.17, 15) is 9.90 Å². The van der Waals surface area contributed by atoms with Gasteiger partial charge in [0.2, 0.25) is 0 Å². The zero-order chi connectivity index (χ0) is 23.5. The van der Waals surface area contributed by atoms with Crippen molar-refractivity contribution in [3.05, 3.63) is 40.5 Å². The van der Waals surface area contributed by atoms with Gasteiger partial charge in [-0.15, -0.1) is 0 Å². The molecule has 6 heteroatoms. The molecule has 5 atom stereocenters. The summed E-state index contributed by atoms with van der Waals surface area (Å²) in [7, 11) is 0. The number of hydrogen-bond donors (Lipinski definition) is 1. The molecule has 0 aromatic heterocycles. The van der Waals surface area contributed by atoms with Crippen molar-refractivity contribution in [3.63, 3.8) is 0 Å². The Morgan fingerprint density at radius 3 is 2.53 bits per heavy atom. The number of cyclic esters (lactones) is 1. The fourth-order valence-electron chi connectivity index (χ4n) is 5.42. The molecule has 2 aliphatic heterocycles. The quantitative estimate of drug-likeness (QED) is 0.160. The van der Waals surface area contributed by atoms with Gasteiger partial charge in [-0.2, -0.15) is 0 Å². The zero-order valence-electron chi connectivity index (χ0n) is 19.6. The van der Waals surface area contributed by atoms with Crippen molar-refractivity contribution in [2.24, 2.45) is 5.41 Å². The van der Waals surface area contributed by atoms with Gasteiger partial charge in [0, 0.05) is 10.2 Å². The van der Waals surface area contributed by atoms with E-state index in [1.54, 1.807) is 18.2 Å². The number of carbonyl (C=O) groups is 1. The van der Waals surface area contributed by atoms with Crippen LogP contribution in [0, 0.1) is 5.41 Å². The van der Waals surface area contributed by atoms with Gasteiger partial charge in [-0.1, -0.05) is 49.9 Å². The number of ether oxygens (including phenoxy) is 2. The minimum absolute atomic E-state index is 0.0363. The molecule has 0 radical (unpaired) electrons. The molecule has 0 amide bonds. The van der Waals surface area contributed by atoms with Gasteiger partial charge in [-0.05, 0) is 90.0 Å². The van der Waals surface area contributed by atoms with Crippen LogP contribution in [0.1, 0.15) is 82.6 Å². The summed E-state index contributed by atoms with van der Waals surface area (Å²) in [6.07, 6.45) is 5.75. The Morgan fingerprint density at radius 2 is 1.81 bits per heavy atom. The first-order valence-electron chi connectivity index (χ1n) is 11.6. The number of carbonyl (C=O) groups excluding carboxylic acids is 1. The lowest BCUT2D eigenvalue weighted by Gasteiger charge is -2.42. The molecule has 1 fully saturated rings. The maximum absolute atomic E-state index is 13.0. The van der Waals surface area contributed by atoms with Crippen molar-refractivity contribution >= 4 is 37.8 Å². The van der Waals surface area contributed by atoms with Crippen LogP contribution in [0.2, 0.25) is 0 Å². The van der Waals surface area contributed by atoms with E-state index in [0.29, 0.717) is 16.8 Å². The summed E-state index contributed by atoms with van der Waals surface area (Å²) in [5, 5.41) is 10.6. The van der Waals surface area contributed by atoms with Crippen molar-refractivity contribution in [2.75, 3.05) is 0 Å². The predicted molar refractivity (Wildman–Crippen MR) is 134 cm³/mol. The summed E-state index contributed by atoms with van der Waals surface area (Å²) in [5.74, 6) is -0.148. The number of benzene rings is 1. The first-order valence-corrected chi connectivity index (χ1v) is 13.4. The van der Waals surface area contributed by atoms with Crippen LogP contribution in [-0.4, -0.2) is 38.0 Å². The highest BCUT2D eigenvalue weighted by atomic mass is 79.9. The van der Waals surface area contributed by atoms with Gasteiger partial charge in [-0.3, -0.25) is 0 Å². The van der Waals surface area contributed by atoms with E-state index >= 15 is 0 Å². The lowest BCUT2D eigenvalue weighted by molar-refractivity contribution is -0.00380. The second-order valence-electron chi connectivity index (χ2n) is 10.8. The molecule has 0 spiro atoms. The highest BCUT2D eigenvalue weighted by Gasteiger charge is 2.55. The Balaban J connectivity index is 1.77. The summed E-state index contributed by atoms with van der Waals surface area (Å²) in [5.41, 5.74) is 3.05. The van der Waals surface area contributed by atoms with Crippen LogP contribution < -0.4 is 0 Å². The average Bonchev–Trinajstić information content (AvgIpc) is 3.36. The monoisotopic (exact) mass is 568 g/mol. The van der Waals surface area contributed by atoms with Crippen LogP contribution in [0.3, 0.4) is 0 Å². The second kappa shape index (κ2) is 8.42. The van der Waals surface area contributed by atoms with Crippen LogP contribution in [0.25, 0.3) is 0 Å². The zero-order valence-corrected chi connectivity index (χ0v) is 22.8. The first-order chi connectivity index (χ1) is 14.9. The van der Waals surface area contributed by atoms with E-state index in [4.69, 9.17) is 9.47 Å². The number of phenolic OH excluding ortho intramolecular Hbond substituents is 1. The molecule has 176 valence electrons. The summed E-state index contributed by atoms with van der Waals surface area (Å²) >= 11 is 7.78. The van der Waals surface area contributed by atoms with Gasteiger partial charge in [0.05, 0.1) is 22.1 Å². The van der Waals surface area contributed by atoms with Gasteiger partial charge in [0.25, 0.3) is 0 Å². The highest BCUT2D eigenvalue weighted by molar-refractivity contribution is 9.09. The van der Waals surface area contributed by atoms with E-state index < -0.39 is 5.60 Å². The van der Waals surface area contributed by atoms with Gasteiger partial charge >= 0.3 is 5.97 Å². The van der Waals surface area contributed by atoms with Gasteiger partial charge < -0.3 is 14.6 Å². The number of aromatic hydroxyl groups is 1. The smallest absolute Gasteiger partial charge is 0.338 e. The Bertz CT molecular complexity index is 955. The van der Waals surface area contributed by atoms with Gasteiger partial charge in [-0.25, -0.2) is 4.79 Å². The maximum atomic E-state index is 13.0. The van der Waals surface area contributed by atoms with Crippen molar-refractivity contribution in [2.45, 2.75) is 100 Å². The summed E-state index contributed by atoms with van der Waals surface area (Å²) in [6, 6.07) is 5.07. The number of phenols is 1. The number of hydrogen-bond acceptors (Lipinski definition) is 4. The number of rotatable bonds is 0. The van der Waals surface area contributed by atoms with E-state index in [2.05, 4.69) is 52.6 Å². The molecule has 2 bridgehead atoms. The standard InChI is InChI=1S/C26H34Br2O4/c1-15-6-9-20(27)25(4)11-10-22-26(5,31-22)14-21(28)24(2,3)32-23(30)16-7-8-19(29)17(12-16)13-18(15)25/h7-8,12,20-22,29H,6,9-11,13-14H2,1-5H3/t20-,21+,22-,25-,26-/m0/s1. The van der Waals surface area contributed by atoms with E-state index in [1.165, 1.54) is 11.1 Å². The molecule has 0 unspecified atom stereocenters. The molecular weight excluding hydrogens is 536 g/mol. The summed E-state index contributed by atoms with van der Waals surface area (Å²) < 4.78 is 12.1. The maximum Gasteiger partial charge on any atom is 0.338 e. The molecule has 3 aliphatic rings. The number of alkyl halides is 2. The van der Waals surface area contributed by atoms with Gasteiger partial charge in [0.15, 0.2) is 0 Å². The van der Waals surface area contributed by atoms with E-state index in [-0.39, 0.29) is 33.7 Å². The molecule has 4 rings (SSSR count). The Kier molecular flexibility index (Phi) is 6.39. The first kappa shape index (κ1) is 24.3. The predicted octanol–water partition coefficient (Wildman–Crippen LogP) is 6.86. The minimum atomic E-state index is -0.700. The molecule has 4 nitrogen and oxygen atoms in total. The molecule has 1 aromatic rings. The van der Waals surface area contributed by atoms with Crippen LogP contribution in [0.15, 0.2) is 29.3 Å².